The van der Waals surface area contributed by atoms with Crippen LogP contribution in [0.4, 0.5) is 5.69 Å². The van der Waals surface area contributed by atoms with E-state index in [1.807, 2.05) is 37.3 Å². The summed E-state index contributed by atoms with van der Waals surface area (Å²) in [6.07, 6.45) is 3.01. The van der Waals surface area contributed by atoms with E-state index in [1.54, 1.807) is 0 Å². The topological polar surface area (TPSA) is 43.3 Å². The molecule has 0 saturated carbocycles. The van der Waals surface area contributed by atoms with Crippen LogP contribution in [0.25, 0.3) is 16.8 Å². The lowest BCUT2D eigenvalue weighted by Gasteiger charge is -2.10. The zero-order chi connectivity index (χ0) is 18.3. The maximum absolute atomic E-state index is 6.23. The lowest BCUT2D eigenvalue weighted by Crippen LogP contribution is -1.97. The fraction of sp³-hybridized carbons (Fsp3) is 0.136. The van der Waals surface area contributed by atoms with Crippen LogP contribution in [-0.2, 0) is 6.42 Å². The summed E-state index contributed by atoms with van der Waals surface area (Å²) in [6.45, 7) is 4.15. The van der Waals surface area contributed by atoms with Crippen LogP contribution in [0, 0.1) is 13.8 Å². The van der Waals surface area contributed by atoms with Crippen molar-refractivity contribution in [3.63, 3.8) is 0 Å². The van der Waals surface area contributed by atoms with Gasteiger partial charge in [0, 0.05) is 28.2 Å². The van der Waals surface area contributed by atoms with Crippen molar-refractivity contribution in [2.24, 2.45) is 0 Å². The zero-order valence-corrected chi connectivity index (χ0v) is 15.6. The smallest absolute Gasteiger partial charge is 0.145 e. The molecule has 2 heterocycles. The molecule has 0 fully saturated rings. The highest BCUT2D eigenvalue weighted by Gasteiger charge is 2.13. The standard InChI is InChI=1S/C22H20ClN3/c1-14-15(2)26-13-17(10-16-6-8-20(24)9-7-16)11-21(22(26)25-14)18-4-3-5-19(23)12-18/h3-9,11-13H,10,24H2,1-2H3. The van der Waals surface area contributed by atoms with Gasteiger partial charge in [0.1, 0.15) is 5.65 Å². The fourth-order valence-corrected chi connectivity index (χ4v) is 3.45. The summed E-state index contributed by atoms with van der Waals surface area (Å²) in [5.41, 5.74) is 14.4. The number of hydrogen-bond acceptors (Lipinski definition) is 2. The number of anilines is 1. The molecule has 0 aliphatic carbocycles. The van der Waals surface area contributed by atoms with Gasteiger partial charge in [0.05, 0.1) is 5.69 Å². The van der Waals surface area contributed by atoms with E-state index in [-0.39, 0.29) is 0 Å². The molecule has 2 aromatic heterocycles. The molecular weight excluding hydrogens is 342 g/mol. The van der Waals surface area contributed by atoms with Gasteiger partial charge in [-0.15, -0.1) is 0 Å². The van der Waals surface area contributed by atoms with Gasteiger partial charge in [-0.1, -0.05) is 35.9 Å². The van der Waals surface area contributed by atoms with Gasteiger partial charge in [-0.25, -0.2) is 4.98 Å². The molecule has 2 N–H and O–H groups in total. The molecule has 0 atom stereocenters. The minimum Gasteiger partial charge on any atom is -0.399 e. The minimum atomic E-state index is 0.726. The molecule has 4 heteroatoms. The lowest BCUT2D eigenvalue weighted by atomic mass is 10.0. The molecule has 0 aliphatic rings. The molecule has 4 rings (SSSR count). The molecule has 0 unspecified atom stereocenters. The fourth-order valence-electron chi connectivity index (χ4n) is 3.26. The van der Waals surface area contributed by atoms with Crippen molar-refractivity contribution in [2.75, 3.05) is 5.73 Å². The van der Waals surface area contributed by atoms with Gasteiger partial charge >= 0.3 is 0 Å². The number of rotatable bonds is 3. The van der Waals surface area contributed by atoms with E-state index in [9.17, 15) is 0 Å². The summed E-state index contributed by atoms with van der Waals surface area (Å²) >= 11 is 6.23. The number of hydrogen-bond donors (Lipinski definition) is 1. The summed E-state index contributed by atoms with van der Waals surface area (Å²) in [5.74, 6) is 0. The van der Waals surface area contributed by atoms with Crippen LogP contribution in [0.5, 0.6) is 0 Å². The van der Waals surface area contributed by atoms with Crippen molar-refractivity contribution in [1.29, 1.82) is 0 Å². The third kappa shape index (κ3) is 3.06. The molecule has 0 spiro atoms. The Labute approximate surface area is 158 Å². The Morgan fingerprint density at radius 2 is 1.77 bits per heavy atom. The van der Waals surface area contributed by atoms with Crippen molar-refractivity contribution in [3.8, 4) is 11.1 Å². The monoisotopic (exact) mass is 361 g/mol. The number of imidazole rings is 1. The Hall–Kier alpha value is -2.78. The number of halogens is 1. The van der Waals surface area contributed by atoms with Crippen LogP contribution in [0.3, 0.4) is 0 Å². The molecular formula is C22H20ClN3. The van der Waals surface area contributed by atoms with E-state index < -0.39 is 0 Å². The Balaban J connectivity index is 1.89. The highest BCUT2D eigenvalue weighted by atomic mass is 35.5. The van der Waals surface area contributed by atoms with Gasteiger partial charge in [0.25, 0.3) is 0 Å². The predicted octanol–water partition coefficient (Wildman–Crippen LogP) is 5.44. The van der Waals surface area contributed by atoms with E-state index in [0.29, 0.717) is 0 Å². The Bertz CT molecular complexity index is 1090. The molecule has 0 saturated heterocycles. The van der Waals surface area contributed by atoms with Crippen LogP contribution >= 0.6 is 11.6 Å². The summed E-state index contributed by atoms with van der Waals surface area (Å²) in [5, 5.41) is 0.726. The number of aromatic nitrogens is 2. The van der Waals surface area contributed by atoms with E-state index in [0.717, 1.165) is 45.3 Å². The van der Waals surface area contributed by atoms with Crippen molar-refractivity contribution in [2.45, 2.75) is 20.3 Å². The number of nitrogens with zero attached hydrogens (tertiary/aromatic N) is 2. The average molecular weight is 362 g/mol. The van der Waals surface area contributed by atoms with Gasteiger partial charge in [-0.2, -0.15) is 0 Å². The quantitative estimate of drug-likeness (QED) is 0.493. The van der Waals surface area contributed by atoms with Crippen LogP contribution in [0.15, 0.2) is 60.8 Å². The number of nitrogen functional groups attached to an aromatic ring is 1. The molecule has 2 aromatic carbocycles. The van der Waals surface area contributed by atoms with Gasteiger partial charge in [0.2, 0.25) is 0 Å². The van der Waals surface area contributed by atoms with Crippen molar-refractivity contribution >= 4 is 22.9 Å². The third-order valence-corrected chi connectivity index (χ3v) is 5.01. The van der Waals surface area contributed by atoms with Crippen molar-refractivity contribution < 1.29 is 0 Å². The number of aryl methyl sites for hydroxylation is 2. The van der Waals surface area contributed by atoms with E-state index in [2.05, 4.69) is 41.8 Å². The highest BCUT2D eigenvalue weighted by Crippen LogP contribution is 2.29. The van der Waals surface area contributed by atoms with Gasteiger partial charge < -0.3 is 10.1 Å². The van der Waals surface area contributed by atoms with Crippen molar-refractivity contribution in [1.82, 2.24) is 9.38 Å². The van der Waals surface area contributed by atoms with Gasteiger partial charge in [0.15, 0.2) is 0 Å². The summed E-state index contributed by atoms with van der Waals surface area (Å²) in [7, 11) is 0. The summed E-state index contributed by atoms with van der Waals surface area (Å²) in [6, 6.07) is 18.2. The summed E-state index contributed by atoms with van der Waals surface area (Å²) < 4.78 is 2.18. The van der Waals surface area contributed by atoms with Crippen LogP contribution < -0.4 is 5.73 Å². The average Bonchev–Trinajstić information content (AvgIpc) is 2.91. The molecule has 0 amide bonds. The molecule has 0 bridgehead atoms. The lowest BCUT2D eigenvalue weighted by molar-refractivity contribution is 1.05. The number of pyridine rings is 1. The predicted molar refractivity (Wildman–Crippen MR) is 109 cm³/mol. The maximum atomic E-state index is 6.23. The second-order valence-corrected chi connectivity index (χ2v) is 7.10. The summed E-state index contributed by atoms with van der Waals surface area (Å²) in [4.78, 5) is 4.78. The van der Waals surface area contributed by atoms with Crippen LogP contribution in [0.1, 0.15) is 22.5 Å². The normalized spacial score (nSPS) is 11.2. The number of benzene rings is 2. The Kier molecular flexibility index (Phi) is 4.17. The Morgan fingerprint density at radius 3 is 2.50 bits per heavy atom. The Morgan fingerprint density at radius 1 is 1.00 bits per heavy atom. The largest absolute Gasteiger partial charge is 0.399 e. The first-order valence-corrected chi connectivity index (χ1v) is 8.97. The second kappa shape index (κ2) is 6.50. The van der Waals surface area contributed by atoms with Crippen LogP contribution in [0.2, 0.25) is 5.02 Å². The van der Waals surface area contributed by atoms with E-state index >= 15 is 0 Å². The molecule has 4 aromatic rings. The number of fused-ring (bicyclic) bond motifs is 1. The van der Waals surface area contributed by atoms with Gasteiger partial charge in [-0.3, -0.25) is 0 Å². The third-order valence-electron chi connectivity index (χ3n) is 4.78. The molecule has 3 nitrogen and oxygen atoms in total. The first-order chi connectivity index (χ1) is 12.5. The highest BCUT2D eigenvalue weighted by molar-refractivity contribution is 6.30. The van der Waals surface area contributed by atoms with Gasteiger partial charge in [-0.05, 0) is 67.3 Å². The maximum Gasteiger partial charge on any atom is 0.145 e. The second-order valence-electron chi connectivity index (χ2n) is 6.67. The van der Waals surface area contributed by atoms with E-state index in [4.69, 9.17) is 22.3 Å². The molecule has 130 valence electrons. The molecule has 0 aliphatic heterocycles. The minimum absolute atomic E-state index is 0.726. The van der Waals surface area contributed by atoms with Crippen LogP contribution in [-0.4, -0.2) is 9.38 Å². The van der Waals surface area contributed by atoms with Crippen molar-refractivity contribution in [3.05, 3.63) is 88.3 Å². The zero-order valence-electron chi connectivity index (χ0n) is 14.8. The van der Waals surface area contributed by atoms with E-state index in [1.165, 1.54) is 11.1 Å². The first kappa shape index (κ1) is 16.7. The molecule has 0 radical (unpaired) electrons. The number of nitrogens with two attached hydrogens (primary N) is 1. The SMILES string of the molecule is Cc1nc2c(-c3cccc(Cl)c3)cc(Cc3ccc(N)cc3)cn2c1C. The molecule has 26 heavy (non-hydrogen) atoms. The first-order valence-electron chi connectivity index (χ1n) is 8.60.